The fourth-order valence-corrected chi connectivity index (χ4v) is 3.15. The van der Waals surface area contributed by atoms with Gasteiger partial charge < -0.3 is 4.90 Å². The number of non-ortho nitro benzene ring substituents is 1. The van der Waals surface area contributed by atoms with E-state index in [-0.39, 0.29) is 10.6 Å². The molecule has 0 amide bonds. The van der Waals surface area contributed by atoms with E-state index >= 15 is 0 Å². The van der Waals surface area contributed by atoms with Gasteiger partial charge in [-0.2, -0.15) is 0 Å². The highest BCUT2D eigenvalue weighted by atomic mass is 32.1. The van der Waals surface area contributed by atoms with Crippen molar-refractivity contribution < 1.29 is 4.92 Å². The van der Waals surface area contributed by atoms with Crippen LogP contribution in [-0.2, 0) is 6.54 Å². The molecule has 1 aliphatic rings. The zero-order valence-electron chi connectivity index (χ0n) is 11.5. The summed E-state index contributed by atoms with van der Waals surface area (Å²) in [6.07, 6.45) is 1.84. The molecule has 21 heavy (non-hydrogen) atoms. The molecule has 3 rings (SSSR count). The third-order valence-corrected chi connectivity index (χ3v) is 4.45. The standard InChI is InChI=1S/C14H16N4O2S/c19-18(20)13-3-1-12(2-4-13)11-16-6-8-17(9-7-16)14-15-5-10-21-14/h1-5,10H,6-9,11H2. The molecule has 1 aromatic carbocycles. The summed E-state index contributed by atoms with van der Waals surface area (Å²) in [6.45, 7) is 4.75. The van der Waals surface area contributed by atoms with Gasteiger partial charge in [0.2, 0.25) is 0 Å². The first kappa shape index (κ1) is 14.0. The van der Waals surface area contributed by atoms with Crippen LogP contribution in [-0.4, -0.2) is 41.0 Å². The number of aromatic nitrogens is 1. The third-order valence-electron chi connectivity index (χ3n) is 3.62. The molecule has 1 aromatic heterocycles. The Kier molecular flexibility index (Phi) is 4.12. The van der Waals surface area contributed by atoms with E-state index in [0.717, 1.165) is 43.4 Å². The minimum absolute atomic E-state index is 0.146. The molecule has 0 atom stereocenters. The van der Waals surface area contributed by atoms with Crippen LogP contribution in [0, 0.1) is 10.1 Å². The second-order valence-corrected chi connectivity index (χ2v) is 5.87. The number of thiazole rings is 1. The smallest absolute Gasteiger partial charge is 0.269 e. The fraction of sp³-hybridized carbons (Fsp3) is 0.357. The van der Waals surface area contributed by atoms with Gasteiger partial charge in [0.25, 0.3) is 5.69 Å². The summed E-state index contributed by atoms with van der Waals surface area (Å²) in [5, 5.41) is 13.7. The molecule has 110 valence electrons. The van der Waals surface area contributed by atoms with Gasteiger partial charge in [0.15, 0.2) is 5.13 Å². The summed E-state index contributed by atoms with van der Waals surface area (Å²) in [5.74, 6) is 0. The summed E-state index contributed by atoms with van der Waals surface area (Å²) in [4.78, 5) is 19.3. The maximum absolute atomic E-state index is 10.6. The molecule has 1 aliphatic heterocycles. The van der Waals surface area contributed by atoms with Crippen molar-refractivity contribution in [3.63, 3.8) is 0 Å². The molecule has 2 aromatic rings. The van der Waals surface area contributed by atoms with Crippen LogP contribution in [0.3, 0.4) is 0 Å². The SMILES string of the molecule is O=[N+]([O-])c1ccc(CN2CCN(c3nccs3)CC2)cc1. The highest BCUT2D eigenvalue weighted by molar-refractivity contribution is 7.13. The highest BCUT2D eigenvalue weighted by Gasteiger charge is 2.18. The molecule has 0 saturated carbocycles. The molecular formula is C14H16N4O2S. The summed E-state index contributed by atoms with van der Waals surface area (Å²) in [6, 6.07) is 6.82. The number of piperazine rings is 1. The van der Waals surface area contributed by atoms with Gasteiger partial charge in [-0.1, -0.05) is 12.1 Å². The number of hydrogen-bond acceptors (Lipinski definition) is 6. The Hall–Kier alpha value is -1.99. The average Bonchev–Trinajstić information content (AvgIpc) is 3.03. The van der Waals surface area contributed by atoms with Crippen molar-refractivity contribution in [2.45, 2.75) is 6.54 Å². The summed E-state index contributed by atoms with van der Waals surface area (Å²) in [7, 11) is 0. The lowest BCUT2D eigenvalue weighted by atomic mass is 10.2. The van der Waals surface area contributed by atoms with Crippen molar-refractivity contribution in [2.24, 2.45) is 0 Å². The van der Waals surface area contributed by atoms with E-state index in [1.165, 1.54) is 0 Å². The molecule has 0 unspecified atom stereocenters. The Balaban J connectivity index is 1.54. The lowest BCUT2D eigenvalue weighted by molar-refractivity contribution is -0.384. The second kappa shape index (κ2) is 6.19. The summed E-state index contributed by atoms with van der Waals surface area (Å²) < 4.78 is 0. The van der Waals surface area contributed by atoms with E-state index in [1.54, 1.807) is 23.5 Å². The van der Waals surface area contributed by atoms with Crippen LogP contribution < -0.4 is 4.90 Å². The molecule has 2 heterocycles. The Labute approximate surface area is 126 Å². The Morgan fingerprint density at radius 2 is 1.90 bits per heavy atom. The van der Waals surface area contributed by atoms with Crippen molar-refractivity contribution >= 4 is 22.2 Å². The van der Waals surface area contributed by atoms with E-state index in [9.17, 15) is 10.1 Å². The predicted octanol–water partition coefficient (Wildman–Crippen LogP) is 2.37. The predicted molar refractivity (Wildman–Crippen MR) is 82.7 cm³/mol. The Morgan fingerprint density at radius 3 is 2.48 bits per heavy atom. The Morgan fingerprint density at radius 1 is 1.19 bits per heavy atom. The van der Waals surface area contributed by atoms with Gasteiger partial charge in [-0.25, -0.2) is 4.98 Å². The number of hydrogen-bond donors (Lipinski definition) is 0. The molecule has 0 aliphatic carbocycles. The van der Waals surface area contributed by atoms with Gasteiger partial charge in [0, 0.05) is 56.4 Å². The highest BCUT2D eigenvalue weighted by Crippen LogP contribution is 2.20. The molecule has 7 heteroatoms. The number of nitro groups is 1. The number of anilines is 1. The number of rotatable bonds is 4. The van der Waals surface area contributed by atoms with E-state index in [0.29, 0.717) is 0 Å². The normalized spacial score (nSPS) is 16.1. The topological polar surface area (TPSA) is 62.5 Å². The van der Waals surface area contributed by atoms with Crippen LogP contribution in [0.25, 0.3) is 0 Å². The number of benzene rings is 1. The van der Waals surface area contributed by atoms with E-state index < -0.39 is 0 Å². The summed E-state index contributed by atoms with van der Waals surface area (Å²) in [5.41, 5.74) is 1.26. The minimum Gasteiger partial charge on any atom is -0.346 e. The monoisotopic (exact) mass is 304 g/mol. The molecule has 0 bridgehead atoms. The first-order chi connectivity index (χ1) is 10.2. The van der Waals surface area contributed by atoms with Crippen LogP contribution in [0.1, 0.15) is 5.56 Å². The first-order valence-corrected chi connectivity index (χ1v) is 7.70. The quantitative estimate of drug-likeness (QED) is 0.641. The van der Waals surface area contributed by atoms with Crippen LogP contribution in [0.4, 0.5) is 10.8 Å². The fourth-order valence-electron chi connectivity index (χ4n) is 2.45. The van der Waals surface area contributed by atoms with Gasteiger partial charge >= 0.3 is 0 Å². The van der Waals surface area contributed by atoms with Crippen LogP contribution in [0.15, 0.2) is 35.8 Å². The van der Waals surface area contributed by atoms with E-state index in [2.05, 4.69) is 14.8 Å². The van der Waals surface area contributed by atoms with E-state index in [4.69, 9.17) is 0 Å². The second-order valence-electron chi connectivity index (χ2n) is 5.00. The van der Waals surface area contributed by atoms with Gasteiger partial charge in [-0.3, -0.25) is 15.0 Å². The van der Waals surface area contributed by atoms with Gasteiger partial charge in [0.1, 0.15) is 0 Å². The maximum atomic E-state index is 10.6. The Bertz CT molecular complexity index is 592. The first-order valence-electron chi connectivity index (χ1n) is 6.82. The van der Waals surface area contributed by atoms with Crippen molar-refractivity contribution in [1.82, 2.24) is 9.88 Å². The van der Waals surface area contributed by atoms with Gasteiger partial charge in [-0.05, 0) is 5.56 Å². The summed E-state index contributed by atoms with van der Waals surface area (Å²) >= 11 is 1.67. The largest absolute Gasteiger partial charge is 0.346 e. The third kappa shape index (κ3) is 3.37. The molecule has 0 N–H and O–H groups in total. The number of nitro benzene ring substituents is 1. The van der Waals surface area contributed by atoms with Gasteiger partial charge in [0.05, 0.1) is 4.92 Å². The molecular weight excluding hydrogens is 288 g/mol. The lowest BCUT2D eigenvalue weighted by Crippen LogP contribution is -2.45. The van der Waals surface area contributed by atoms with Crippen molar-refractivity contribution in [1.29, 1.82) is 0 Å². The van der Waals surface area contributed by atoms with Crippen LogP contribution in [0.5, 0.6) is 0 Å². The van der Waals surface area contributed by atoms with Gasteiger partial charge in [-0.15, -0.1) is 11.3 Å². The molecule has 1 fully saturated rings. The average molecular weight is 304 g/mol. The maximum Gasteiger partial charge on any atom is 0.269 e. The van der Waals surface area contributed by atoms with Crippen molar-refractivity contribution in [2.75, 3.05) is 31.1 Å². The van der Waals surface area contributed by atoms with Crippen molar-refractivity contribution in [3.8, 4) is 0 Å². The van der Waals surface area contributed by atoms with Crippen LogP contribution in [0.2, 0.25) is 0 Å². The molecule has 0 radical (unpaired) electrons. The zero-order valence-corrected chi connectivity index (χ0v) is 12.3. The zero-order chi connectivity index (χ0) is 14.7. The minimum atomic E-state index is -0.365. The van der Waals surface area contributed by atoms with Crippen LogP contribution >= 0.6 is 11.3 Å². The van der Waals surface area contributed by atoms with Crippen molar-refractivity contribution in [3.05, 3.63) is 51.5 Å². The number of nitrogens with zero attached hydrogens (tertiary/aromatic N) is 4. The molecule has 1 saturated heterocycles. The lowest BCUT2D eigenvalue weighted by Gasteiger charge is -2.34. The molecule has 0 spiro atoms. The van der Waals surface area contributed by atoms with E-state index in [1.807, 2.05) is 23.7 Å². The molecule has 6 nitrogen and oxygen atoms in total.